The third kappa shape index (κ3) is 4.49. The Bertz CT molecular complexity index is 966. The second-order valence-electron chi connectivity index (χ2n) is 5.43. The molecule has 1 amide bonds. The van der Waals surface area contributed by atoms with Gasteiger partial charge in [-0.3, -0.25) is 4.79 Å². The van der Waals surface area contributed by atoms with Crippen LogP contribution < -0.4 is 5.43 Å². The van der Waals surface area contributed by atoms with Crippen molar-refractivity contribution in [3.05, 3.63) is 72.9 Å². The Hall–Kier alpha value is -1.68. The van der Waals surface area contributed by atoms with Crippen molar-refractivity contribution in [3.63, 3.8) is 0 Å². The first kappa shape index (κ1) is 18.1. The molecule has 0 aromatic heterocycles. The van der Waals surface area contributed by atoms with Crippen molar-refractivity contribution in [1.29, 1.82) is 0 Å². The fourth-order valence-electron chi connectivity index (χ4n) is 2.52. The Labute approximate surface area is 172 Å². The van der Waals surface area contributed by atoms with Crippen molar-refractivity contribution in [2.75, 3.05) is 0 Å². The van der Waals surface area contributed by atoms with Crippen LogP contribution in [0.5, 0.6) is 5.75 Å². The number of fused-ring (bicyclic) bond motifs is 1. The zero-order valence-electron chi connectivity index (χ0n) is 13.0. The molecule has 0 saturated heterocycles. The van der Waals surface area contributed by atoms with Crippen LogP contribution in [0, 0.1) is 7.14 Å². The summed E-state index contributed by atoms with van der Waals surface area (Å²) in [7, 11) is 0. The lowest BCUT2D eigenvalue weighted by atomic mass is 10.0. The summed E-state index contributed by atoms with van der Waals surface area (Å²) in [6, 6.07) is 17.6. The molecule has 6 heteroatoms. The SMILES string of the molecule is O=C(Cc1cccc2ccccc12)N/N=C/c1cc(I)cc(I)c1O. The van der Waals surface area contributed by atoms with Crippen molar-refractivity contribution < 1.29 is 9.90 Å². The van der Waals surface area contributed by atoms with Crippen LogP contribution in [-0.4, -0.2) is 17.2 Å². The summed E-state index contributed by atoms with van der Waals surface area (Å²) in [5.41, 5.74) is 4.05. The fourth-order valence-corrected chi connectivity index (χ4v) is 4.41. The summed E-state index contributed by atoms with van der Waals surface area (Å²) < 4.78 is 1.73. The molecule has 0 fully saturated rings. The fraction of sp³-hybridized carbons (Fsp3) is 0.0526. The van der Waals surface area contributed by atoms with E-state index in [2.05, 4.69) is 55.7 Å². The highest BCUT2D eigenvalue weighted by Crippen LogP contribution is 2.25. The third-order valence-electron chi connectivity index (χ3n) is 3.68. The standard InChI is InChI=1S/C19H14I2N2O2/c20-15-8-14(19(25)17(21)10-15)11-22-23-18(24)9-13-6-3-5-12-4-1-2-7-16(12)13/h1-8,10-11,25H,9H2,(H,23,24)/b22-11+. The highest BCUT2D eigenvalue weighted by atomic mass is 127. The first-order chi connectivity index (χ1) is 12.0. The number of benzene rings is 3. The van der Waals surface area contributed by atoms with Gasteiger partial charge in [-0.05, 0) is 73.7 Å². The monoisotopic (exact) mass is 556 g/mol. The van der Waals surface area contributed by atoms with Gasteiger partial charge in [-0.1, -0.05) is 42.5 Å². The van der Waals surface area contributed by atoms with Gasteiger partial charge in [-0.15, -0.1) is 0 Å². The minimum atomic E-state index is -0.201. The molecule has 0 aliphatic rings. The number of carbonyl (C=O) groups excluding carboxylic acids is 1. The maximum absolute atomic E-state index is 12.2. The Kier molecular flexibility index (Phi) is 5.89. The molecule has 0 heterocycles. The topological polar surface area (TPSA) is 61.7 Å². The summed E-state index contributed by atoms with van der Waals surface area (Å²) in [6.45, 7) is 0. The minimum absolute atomic E-state index is 0.160. The molecule has 3 rings (SSSR count). The van der Waals surface area contributed by atoms with Gasteiger partial charge in [0.2, 0.25) is 5.91 Å². The molecule has 25 heavy (non-hydrogen) atoms. The van der Waals surface area contributed by atoms with E-state index < -0.39 is 0 Å². The van der Waals surface area contributed by atoms with Gasteiger partial charge in [-0.25, -0.2) is 5.43 Å². The van der Waals surface area contributed by atoms with E-state index in [1.807, 2.05) is 48.5 Å². The zero-order valence-corrected chi connectivity index (χ0v) is 17.4. The molecular formula is C19H14I2N2O2. The molecule has 0 bridgehead atoms. The zero-order chi connectivity index (χ0) is 17.8. The van der Waals surface area contributed by atoms with Crippen LogP contribution in [0.2, 0.25) is 0 Å². The van der Waals surface area contributed by atoms with Gasteiger partial charge in [0.05, 0.1) is 16.2 Å². The molecule has 0 unspecified atom stereocenters. The van der Waals surface area contributed by atoms with Crippen molar-refractivity contribution in [3.8, 4) is 5.75 Å². The van der Waals surface area contributed by atoms with Crippen molar-refractivity contribution >= 4 is 68.1 Å². The lowest BCUT2D eigenvalue weighted by Crippen LogP contribution is -2.19. The highest BCUT2D eigenvalue weighted by Gasteiger charge is 2.07. The van der Waals surface area contributed by atoms with Crippen LogP contribution in [0.25, 0.3) is 10.8 Å². The van der Waals surface area contributed by atoms with E-state index >= 15 is 0 Å². The van der Waals surface area contributed by atoms with Gasteiger partial charge in [0.1, 0.15) is 5.75 Å². The van der Waals surface area contributed by atoms with E-state index in [0.717, 1.165) is 23.5 Å². The quantitative estimate of drug-likeness (QED) is 0.284. The van der Waals surface area contributed by atoms with Crippen LogP contribution in [0.3, 0.4) is 0 Å². The lowest BCUT2D eigenvalue weighted by molar-refractivity contribution is -0.120. The van der Waals surface area contributed by atoms with Crippen LogP contribution >= 0.6 is 45.2 Å². The van der Waals surface area contributed by atoms with Gasteiger partial charge < -0.3 is 5.11 Å². The average molecular weight is 556 g/mol. The smallest absolute Gasteiger partial charge is 0.244 e. The van der Waals surface area contributed by atoms with Gasteiger partial charge in [0, 0.05) is 9.13 Å². The predicted molar refractivity (Wildman–Crippen MR) is 117 cm³/mol. The molecular weight excluding hydrogens is 542 g/mol. The predicted octanol–water partition coefficient (Wildman–Crippen LogP) is 4.45. The summed E-state index contributed by atoms with van der Waals surface area (Å²) in [4.78, 5) is 12.2. The van der Waals surface area contributed by atoms with E-state index in [1.54, 1.807) is 6.07 Å². The van der Waals surface area contributed by atoms with Crippen LogP contribution in [-0.2, 0) is 11.2 Å². The Balaban J connectivity index is 1.71. The van der Waals surface area contributed by atoms with E-state index in [0.29, 0.717) is 5.56 Å². The summed E-state index contributed by atoms with van der Waals surface area (Å²) in [5.74, 6) is -0.0412. The van der Waals surface area contributed by atoms with Crippen LogP contribution in [0.15, 0.2) is 59.7 Å². The number of aromatic hydroxyl groups is 1. The first-order valence-corrected chi connectivity index (χ1v) is 9.67. The molecule has 0 spiro atoms. The second kappa shape index (κ2) is 8.13. The van der Waals surface area contributed by atoms with Crippen molar-refractivity contribution in [2.24, 2.45) is 5.10 Å². The summed E-state index contributed by atoms with van der Waals surface area (Å²) >= 11 is 4.23. The van der Waals surface area contributed by atoms with Crippen molar-refractivity contribution in [2.45, 2.75) is 6.42 Å². The summed E-state index contributed by atoms with van der Waals surface area (Å²) in [6.07, 6.45) is 1.70. The number of amides is 1. The third-order valence-corrected chi connectivity index (χ3v) is 5.13. The maximum atomic E-state index is 12.2. The molecule has 0 atom stereocenters. The first-order valence-electron chi connectivity index (χ1n) is 7.51. The molecule has 0 radical (unpaired) electrons. The van der Waals surface area contributed by atoms with Gasteiger partial charge in [0.15, 0.2) is 0 Å². The Morgan fingerprint density at radius 2 is 1.88 bits per heavy atom. The number of halogens is 2. The van der Waals surface area contributed by atoms with E-state index in [1.165, 1.54) is 6.21 Å². The number of phenols is 1. The molecule has 126 valence electrons. The molecule has 3 aromatic rings. The van der Waals surface area contributed by atoms with E-state index in [9.17, 15) is 9.90 Å². The molecule has 4 nitrogen and oxygen atoms in total. The maximum Gasteiger partial charge on any atom is 0.244 e. The molecule has 0 saturated carbocycles. The van der Waals surface area contributed by atoms with Gasteiger partial charge in [-0.2, -0.15) is 5.10 Å². The van der Waals surface area contributed by atoms with Gasteiger partial charge in [0.25, 0.3) is 0 Å². The number of rotatable bonds is 4. The minimum Gasteiger partial charge on any atom is -0.506 e. The summed E-state index contributed by atoms with van der Waals surface area (Å²) in [5, 5.41) is 16.2. The number of nitrogens with zero attached hydrogens (tertiary/aromatic N) is 1. The number of carbonyl (C=O) groups is 1. The molecule has 0 aliphatic carbocycles. The Morgan fingerprint density at radius 1 is 1.12 bits per heavy atom. The normalized spacial score (nSPS) is 11.1. The molecule has 0 aliphatic heterocycles. The lowest BCUT2D eigenvalue weighted by Gasteiger charge is -2.06. The van der Waals surface area contributed by atoms with Crippen molar-refractivity contribution in [1.82, 2.24) is 5.43 Å². The van der Waals surface area contributed by atoms with Gasteiger partial charge >= 0.3 is 0 Å². The van der Waals surface area contributed by atoms with Crippen LogP contribution in [0.4, 0.5) is 0 Å². The average Bonchev–Trinajstić information content (AvgIpc) is 2.59. The second-order valence-corrected chi connectivity index (χ2v) is 7.84. The van der Waals surface area contributed by atoms with Crippen LogP contribution in [0.1, 0.15) is 11.1 Å². The van der Waals surface area contributed by atoms with E-state index in [-0.39, 0.29) is 18.1 Å². The molecule has 2 N–H and O–H groups in total. The number of nitrogens with one attached hydrogen (secondary N) is 1. The Morgan fingerprint density at radius 3 is 2.72 bits per heavy atom. The van der Waals surface area contributed by atoms with E-state index in [4.69, 9.17) is 0 Å². The number of phenolic OH excluding ortho intramolecular Hbond substituents is 1. The number of hydrazone groups is 1. The largest absolute Gasteiger partial charge is 0.506 e. The number of hydrogen-bond acceptors (Lipinski definition) is 3. The highest BCUT2D eigenvalue weighted by molar-refractivity contribution is 14.1. The molecule has 3 aromatic carbocycles. The number of hydrogen-bond donors (Lipinski definition) is 2.